The van der Waals surface area contributed by atoms with Gasteiger partial charge in [0.05, 0.1) is 13.0 Å². The maximum atomic E-state index is 12.9. The first kappa shape index (κ1) is 17.0. The fourth-order valence-electron chi connectivity index (χ4n) is 3.60. The van der Waals surface area contributed by atoms with Crippen LogP contribution in [0.4, 0.5) is 0 Å². The standard InChI is InChI=1S/C19H18N4O4/c1-27-16-6-3-2-5-12(16)13-9-23(10-14(13)18(25)26)17(24)15-11-22-8-4-7-20-19(22)21-15/h2-8,11,13-14H,9-10H2,1H3,(H,25,26)/t13-,14+/m0/s1. The van der Waals surface area contributed by atoms with Crippen molar-refractivity contribution in [1.29, 1.82) is 0 Å². The van der Waals surface area contributed by atoms with Crippen molar-refractivity contribution in [2.75, 3.05) is 20.2 Å². The van der Waals surface area contributed by atoms with Gasteiger partial charge in [-0.15, -0.1) is 0 Å². The van der Waals surface area contributed by atoms with Gasteiger partial charge in [0, 0.05) is 37.6 Å². The summed E-state index contributed by atoms with van der Waals surface area (Å²) in [5, 5.41) is 9.68. The molecule has 2 aromatic heterocycles. The monoisotopic (exact) mass is 366 g/mol. The zero-order valence-corrected chi connectivity index (χ0v) is 14.6. The molecule has 27 heavy (non-hydrogen) atoms. The van der Waals surface area contributed by atoms with Gasteiger partial charge in [-0.05, 0) is 17.7 Å². The summed E-state index contributed by atoms with van der Waals surface area (Å²) in [7, 11) is 1.55. The highest BCUT2D eigenvalue weighted by molar-refractivity contribution is 5.93. The number of aromatic nitrogens is 3. The number of benzene rings is 1. The minimum absolute atomic E-state index is 0.123. The first-order chi connectivity index (χ1) is 13.1. The van der Waals surface area contributed by atoms with E-state index >= 15 is 0 Å². The van der Waals surface area contributed by atoms with Gasteiger partial charge in [0.15, 0.2) is 0 Å². The molecule has 1 aliphatic heterocycles. The number of rotatable bonds is 4. The average molecular weight is 366 g/mol. The highest BCUT2D eigenvalue weighted by Crippen LogP contribution is 2.38. The Morgan fingerprint density at radius 3 is 2.78 bits per heavy atom. The van der Waals surface area contributed by atoms with Gasteiger partial charge >= 0.3 is 5.97 Å². The van der Waals surface area contributed by atoms with Gasteiger partial charge in [0.2, 0.25) is 5.78 Å². The van der Waals surface area contributed by atoms with E-state index in [0.29, 0.717) is 11.5 Å². The molecule has 8 nitrogen and oxygen atoms in total. The molecule has 8 heteroatoms. The molecule has 0 spiro atoms. The third-order valence-electron chi connectivity index (χ3n) is 4.92. The molecule has 3 heterocycles. The summed E-state index contributed by atoms with van der Waals surface area (Å²) in [4.78, 5) is 34.6. The number of ether oxygens (including phenoxy) is 1. The average Bonchev–Trinajstić information content (AvgIpc) is 3.32. The lowest BCUT2D eigenvalue weighted by atomic mass is 9.88. The molecule has 0 aliphatic carbocycles. The van der Waals surface area contributed by atoms with Crippen molar-refractivity contribution in [3.8, 4) is 5.75 Å². The summed E-state index contributed by atoms with van der Waals surface area (Å²) in [6, 6.07) is 9.07. The molecule has 138 valence electrons. The van der Waals surface area contributed by atoms with E-state index in [0.717, 1.165) is 5.56 Å². The number of nitrogens with zero attached hydrogens (tertiary/aromatic N) is 4. The summed E-state index contributed by atoms with van der Waals surface area (Å²) < 4.78 is 7.05. The zero-order valence-electron chi connectivity index (χ0n) is 14.6. The second kappa shape index (κ2) is 6.71. The molecule has 1 fully saturated rings. The van der Waals surface area contributed by atoms with Gasteiger partial charge in [-0.3, -0.25) is 14.0 Å². The van der Waals surface area contributed by atoms with E-state index in [1.165, 1.54) is 4.90 Å². The second-order valence-corrected chi connectivity index (χ2v) is 6.46. The van der Waals surface area contributed by atoms with Gasteiger partial charge in [0.1, 0.15) is 11.4 Å². The second-order valence-electron chi connectivity index (χ2n) is 6.46. The lowest BCUT2D eigenvalue weighted by molar-refractivity contribution is -0.141. The zero-order chi connectivity index (χ0) is 19.0. The lowest BCUT2D eigenvalue weighted by Gasteiger charge is -2.18. The highest BCUT2D eigenvalue weighted by Gasteiger charge is 2.42. The fourth-order valence-corrected chi connectivity index (χ4v) is 3.60. The summed E-state index contributed by atoms with van der Waals surface area (Å²) >= 11 is 0. The van der Waals surface area contributed by atoms with Gasteiger partial charge in [0.25, 0.3) is 5.91 Å². The largest absolute Gasteiger partial charge is 0.496 e. The Labute approximate surface area is 155 Å². The minimum Gasteiger partial charge on any atom is -0.496 e. The molecule has 2 atom stereocenters. The van der Waals surface area contributed by atoms with Crippen molar-refractivity contribution in [2.24, 2.45) is 5.92 Å². The molecule has 4 rings (SSSR count). The summed E-state index contributed by atoms with van der Waals surface area (Å²) in [6.07, 6.45) is 4.97. The molecule has 1 N–H and O–H groups in total. The van der Waals surface area contributed by atoms with E-state index in [2.05, 4.69) is 9.97 Å². The van der Waals surface area contributed by atoms with Crippen molar-refractivity contribution in [3.63, 3.8) is 0 Å². The number of aliphatic carboxylic acids is 1. The van der Waals surface area contributed by atoms with Crippen LogP contribution in [0.2, 0.25) is 0 Å². The Bertz CT molecular complexity index is 983. The minimum atomic E-state index is -0.933. The molecule has 0 radical (unpaired) electrons. The predicted octanol–water partition coefficient (Wildman–Crippen LogP) is 1.68. The van der Waals surface area contributed by atoms with Crippen molar-refractivity contribution < 1.29 is 19.4 Å². The number of likely N-dealkylation sites (tertiary alicyclic amines) is 1. The number of imidazole rings is 1. The number of carbonyl (C=O) groups excluding carboxylic acids is 1. The Morgan fingerprint density at radius 2 is 2.04 bits per heavy atom. The van der Waals surface area contributed by atoms with Crippen LogP contribution in [0.3, 0.4) is 0 Å². The summed E-state index contributed by atoms with van der Waals surface area (Å²) in [6.45, 7) is 0.412. The number of carbonyl (C=O) groups is 2. The van der Waals surface area contributed by atoms with Crippen LogP contribution < -0.4 is 4.74 Å². The van der Waals surface area contributed by atoms with E-state index < -0.39 is 11.9 Å². The number of amides is 1. The van der Waals surface area contributed by atoms with E-state index in [1.807, 2.05) is 18.2 Å². The predicted molar refractivity (Wildman–Crippen MR) is 95.8 cm³/mol. The van der Waals surface area contributed by atoms with Crippen LogP contribution in [0, 0.1) is 5.92 Å². The molecule has 0 bridgehead atoms. The SMILES string of the molecule is COc1ccccc1[C@@H]1CN(C(=O)c2cn3cccnc3n2)C[C@H]1C(=O)O. The fraction of sp³-hybridized carbons (Fsp3) is 0.263. The highest BCUT2D eigenvalue weighted by atomic mass is 16.5. The molecular weight excluding hydrogens is 348 g/mol. The third-order valence-corrected chi connectivity index (χ3v) is 4.92. The molecule has 1 aliphatic rings. The summed E-state index contributed by atoms with van der Waals surface area (Å²) in [5.41, 5.74) is 1.04. The number of fused-ring (bicyclic) bond motifs is 1. The van der Waals surface area contributed by atoms with E-state index in [4.69, 9.17) is 4.74 Å². The molecule has 0 saturated carbocycles. The Hall–Kier alpha value is -3.42. The van der Waals surface area contributed by atoms with Gasteiger partial charge in [-0.25, -0.2) is 9.97 Å². The quantitative estimate of drug-likeness (QED) is 0.755. The number of hydrogen-bond acceptors (Lipinski definition) is 5. The summed E-state index contributed by atoms with van der Waals surface area (Å²) in [5.74, 6) is -1.24. The Kier molecular flexibility index (Phi) is 4.23. The third kappa shape index (κ3) is 2.99. The normalized spacial score (nSPS) is 19.4. The number of hydrogen-bond donors (Lipinski definition) is 1. The first-order valence-electron chi connectivity index (χ1n) is 8.53. The van der Waals surface area contributed by atoms with Crippen LogP contribution in [0.25, 0.3) is 5.78 Å². The molecule has 0 unspecified atom stereocenters. The lowest BCUT2D eigenvalue weighted by Crippen LogP contribution is -2.30. The number of carboxylic acid groups (broad SMARTS) is 1. The van der Waals surface area contributed by atoms with Crippen molar-refractivity contribution in [3.05, 3.63) is 60.2 Å². The van der Waals surface area contributed by atoms with Crippen LogP contribution in [-0.4, -0.2) is 56.5 Å². The maximum Gasteiger partial charge on any atom is 0.308 e. The Morgan fingerprint density at radius 1 is 1.22 bits per heavy atom. The van der Waals surface area contributed by atoms with Crippen molar-refractivity contribution in [1.82, 2.24) is 19.3 Å². The van der Waals surface area contributed by atoms with Crippen LogP contribution in [0.5, 0.6) is 5.75 Å². The number of carboxylic acids is 1. The van der Waals surface area contributed by atoms with Crippen LogP contribution in [0.1, 0.15) is 22.0 Å². The topological polar surface area (TPSA) is 97.0 Å². The molecule has 1 aromatic carbocycles. The van der Waals surface area contributed by atoms with Gasteiger partial charge < -0.3 is 14.7 Å². The molecule has 1 saturated heterocycles. The van der Waals surface area contributed by atoms with Crippen LogP contribution >= 0.6 is 0 Å². The molecule has 1 amide bonds. The van der Waals surface area contributed by atoms with E-state index in [9.17, 15) is 14.7 Å². The van der Waals surface area contributed by atoms with Gasteiger partial charge in [-0.1, -0.05) is 18.2 Å². The first-order valence-corrected chi connectivity index (χ1v) is 8.53. The maximum absolute atomic E-state index is 12.9. The van der Waals surface area contributed by atoms with Crippen molar-refractivity contribution in [2.45, 2.75) is 5.92 Å². The number of para-hydroxylation sites is 1. The van der Waals surface area contributed by atoms with Crippen LogP contribution in [0.15, 0.2) is 48.9 Å². The van der Waals surface area contributed by atoms with Crippen molar-refractivity contribution >= 4 is 17.7 Å². The van der Waals surface area contributed by atoms with Crippen LogP contribution in [-0.2, 0) is 4.79 Å². The van der Waals surface area contributed by atoms with E-state index in [1.54, 1.807) is 42.2 Å². The van der Waals surface area contributed by atoms with E-state index in [-0.39, 0.29) is 30.6 Å². The smallest absolute Gasteiger partial charge is 0.308 e. The van der Waals surface area contributed by atoms with Gasteiger partial charge in [-0.2, -0.15) is 0 Å². The Balaban J connectivity index is 1.65. The number of methoxy groups -OCH3 is 1. The molecule has 3 aromatic rings. The molecular formula is C19H18N4O4.